The lowest BCUT2D eigenvalue weighted by Gasteiger charge is -2.15. The molecule has 56 valence electrons. The number of benzene rings is 1. The van der Waals surface area contributed by atoms with Crippen LogP contribution in [0, 0.1) is 0 Å². The first kappa shape index (κ1) is 6.09. The zero-order valence-electron chi connectivity index (χ0n) is 5.83. The van der Waals surface area contributed by atoms with E-state index in [9.17, 15) is 0 Å². The summed E-state index contributed by atoms with van der Waals surface area (Å²) in [6, 6.07) is 7.67. The summed E-state index contributed by atoms with van der Waals surface area (Å²) in [6.07, 6.45) is 1.52. The Bertz CT molecular complexity index is 307. The highest BCUT2D eigenvalue weighted by molar-refractivity contribution is 5.73. The molecule has 2 rings (SSSR count). The molecule has 3 N–H and O–H groups in total. The molecule has 1 heterocycles. The first-order valence-electron chi connectivity index (χ1n) is 3.38. The Morgan fingerprint density at radius 1 is 1.09 bits per heavy atom. The average molecular weight is 148 g/mol. The molecule has 0 unspecified atom stereocenters. The van der Waals surface area contributed by atoms with Crippen molar-refractivity contribution in [3.63, 3.8) is 0 Å². The lowest BCUT2D eigenvalue weighted by Crippen LogP contribution is -2.08. The van der Waals surface area contributed by atoms with Gasteiger partial charge in [0.05, 0.1) is 17.6 Å². The third kappa shape index (κ3) is 1.00. The molecule has 0 saturated heterocycles. The van der Waals surface area contributed by atoms with Crippen molar-refractivity contribution in [3.8, 4) is 0 Å². The van der Waals surface area contributed by atoms with Crippen LogP contribution in [0.2, 0.25) is 0 Å². The van der Waals surface area contributed by atoms with Crippen LogP contribution in [0.4, 0.5) is 11.4 Å². The van der Waals surface area contributed by atoms with Gasteiger partial charge in [-0.15, -0.1) is 0 Å². The molecule has 0 radical (unpaired) electrons. The van der Waals surface area contributed by atoms with Crippen molar-refractivity contribution in [3.05, 3.63) is 36.3 Å². The van der Waals surface area contributed by atoms with Crippen molar-refractivity contribution in [1.82, 2.24) is 0 Å². The standard InChI is InChI=1S/C8H8N2O/c11-8-5-9-6-3-1-2-4-7(6)10-8/h1-5,9-11H. The van der Waals surface area contributed by atoms with E-state index in [0.717, 1.165) is 11.4 Å². The fourth-order valence-electron chi connectivity index (χ4n) is 1.04. The predicted octanol–water partition coefficient (Wildman–Crippen LogP) is 1.88. The summed E-state index contributed by atoms with van der Waals surface area (Å²) in [5, 5.41) is 14.8. The number of aliphatic hydroxyl groups excluding tert-OH is 1. The van der Waals surface area contributed by atoms with Crippen LogP contribution in [-0.2, 0) is 0 Å². The molecule has 3 heteroatoms. The minimum Gasteiger partial charge on any atom is -0.494 e. The number of aliphatic hydroxyl groups is 1. The molecule has 0 fully saturated rings. The highest BCUT2D eigenvalue weighted by Crippen LogP contribution is 2.24. The normalized spacial score (nSPS) is 14.0. The van der Waals surface area contributed by atoms with Crippen molar-refractivity contribution in [2.45, 2.75) is 0 Å². The molecule has 1 aliphatic rings. The van der Waals surface area contributed by atoms with E-state index in [1.54, 1.807) is 0 Å². The first-order chi connectivity index (χ1) is 5.36. The summed E-state index contributed by atoms with van der Waals surface area (Å²) in [5.74, 6) is 0.142. The zero-order valence-corrected chi connectivity index (χ0v) is 5.83. The van der Waals surface area contributed by atoms with Gasteiger partial charge in [-0.25, -0.2) is 0 Å². The van der Waals surface area contributed by atoms with Crippen LogP contribution in [0.25, 0.3) is 0 Å². The quantitative estimate of drug-likeness (QED) is 0.526. The van der Waals surface area contributed by atoms with Crippen LogP contribution in [0.5, 0.6) is 0 Å². The number of hydrogen-bond donors (Lipinski definition) is 3. The van der Waals surface area contributed by atoms with Crippen molar-refractivity contribution >= 4 is 11.4 Å². The Morgan fingerprint density at radius 3 is 2.64 bits per heavy atom. The lowest BCUT2D eigenvalue weighted by atomic mass is 10.2. The van der Waals surface area contributed by atoms with Crippen molar-refractivity contribution in [2.75, 3.05) is 10.6 Å². The molecule has 0 amide bonds. The van der Waals surface area contributed by atoms with E-state index in [1.807, 2.05) is 24.3 Å². The summed E-state index contributed by atoms with van der Waals surface area (Å²) < 4.78 is 0. The van der Waals surface area contributed by atoms with E-state index in [-0.39, 0.29) is 5.88 Å². The van der Waals surface area contributed by atoms with Crippen molar-refractivity contribution in [1.29, 1.82) is 0 Å². The second-order valence-corrected chi connectivity index (χ2v) is 2.34. The number of nitrogens with one attached hydrogen (secondary N) is 2. The molecule has 1 aromatic carbocycles. The average Bonchev–Trinajstić information content (AvgIpc) is 2.04. The van der Waals surface area contributed by atoms with Gasteiger partial charge < -0.3 is 15.7 Å². The number of para-hydroxylation sites is 2. The summed E-state index contributed by atoms with van der Waals surface area (Å²) >= 11 is 0. The number of anilines is 2. The van der Waals surface area contributed by atoms with Gasteiger partial charge in [-0.1, -0.05) is 12.1 Å². The fourth-order valence-corrected chi connectivity index (χ4v) is 1.04. The van der Waals surface area contributed by atoms with Gasteiger partial charge in [0.25, 0.3) is 0 Å². The molecule has 0 bridgehead atoms. The molecule has 0 aromatic heterocycles. The minimum atomic E-state index is 0.142. The Kier molecular flexibility index (Phi) is 1.22. The predicted molar refractivity (Wildman–Crippen MR) is 44.4 cm³/mol. The topological polar surface area (TPSA) is 44.3 Å². The Hall–Kier alpha value is -1.64. The van der Waals surface area contributed by atoms with Crippen LogP contribution in [0.15, 0.2) is 36.3 Å². The van der Waals surface area contributed by atoms with Crippen molar-refractivity contribution in [2.24, 2.45) is 0 Å². The van der Waals surface area contributed by atoms with Gasteiger partial charge >= 0.3 is 0 Å². The van der Waals surface area contributed by atoms with Gasteiger partial charge in [0.2, 0.25) is 5.88 Å². The summed E-state index contributed by atoms with van der Waals surface area (Å²) in [4.78, 5) is 0. The highest BCUT2D eigenvalue weighted by atomic mass is 16.3. The van der Waals surface area contributed by atoms with Crippen LogP contribution in [0.3, 0.4) is 0 Å². The lowest BCUT2D eigenvalue weighted by molar-refractivity contribution is 0.418. The van der Waals surface area contributed by atoms with Gasteiger partial charge in [0.15, 0.2) is 0 Å². The second kappa shape index (κ2) is 2.20. The van der Waals surface area contributed by atoms with Crippen LogP contribution in [0.1, 0.15) is 0 Å². The first-order valence-corrected chi connectivity index (χ1v) is 3.38. The molecule has 0 saturated carbocycles. The molecule has 1 aromatic rings. The summed E-state index contributed by atoms with van der Waals surface area (Å²) in [5.41, 5.74) is 1.87. The largest absolute Gasteiger partial charge is 0.494 e. The third-order valence-corrected chi connectivity index (χ3v) is 1.55. The molecule has 3 nitrogen and oxygen atoms in total. The van der Waals surface area contributed by atoms with Crippen molar-refractivity contribution < 1.29 is 5.11 Å². The van der Waals surface area contributed by atoms with Gasteiger partial charge in [-0.2, -0.15) is 0 Å². The van der Waals surface area contributed by atoms with E-state index in [2.05, 4.69) is 10.6 Å². The molecule has 0 spiro atoms. The van der Waals surface area contributed by atoms with Crippen LogP contribution < -0.4 is 10.6 Å². The molecule has 11 heavy (non-hydrogen) atoms. The number of rotatable bonds is 0. The molecule has 1 aliphatic heterocycles. The number of fused-ring (bicyclic) bond motifs is 1. The Balaban J connectivity index is 2.42. The summed E-state index contributed by atoms with van der Waals surface area (Å²) in [7, 11) is 0. The number of hydrogen-bond acceptors (Lipinski definition) is 3. The maximum atomic E-state index is 9.04. The maximum absolute atomic E-state index is 9.04. The Morgan fingerprint density at radius 2 is 1.82 bits per heavy atom. The van der Waals surface area contributed by atoms with Gasteiger partial charge in [0.1, 0.15) is 0 Å². The van der Waals surface area contributed by atoms with Gasteiger partial charge in [-0.3, -0.25) is 0 Å². The molecule has 0 atom stereocenters. The SMILES string of the molecule is OC1=CNc2ccccc2N1. The van der Waals surface area contributed by atoms with Crippen LogP contribution >= 0.6 is 0 Å². The molecular weight excluding hydrogens is 140 g/mol. The van der Waals surface area contributed by atoms with E-state index in [0.29, 0.717) is 0 Å². The van der Waals surface area contributed by atoms with Gasteiger partial charge in [0, 0.05) is 0 Å². The van der Waals surface area contributed by atoms with E-state index < -0.39 is 0 Å². The second-order valence-electron chi connectivity index (χ2n) is 2.34. The highest BCUT2D eigenvalue weighted by Gasteiger charge is 2.05. The summed E-state index contributed by atoms with van der Waals surface area (Å²) in [6.45, 7) is 0. The van der Waals surface area contributed by atoms with E-state index in [4.69, 9.17) is 5.11 Å². The zero-order chi connectivity index (χ0) is 7.68. The monoisotopic (exact) mass is 148 g/mol. The Labute approximate surface area is 64.4 Å². The van der Waals surface area contributed by atoms with Crippen LogP contribution in [-0.4, -0.2) is 5.11 Å². The minimum absolute atomic E-state index is 0.142. The third-order valence-electron chi connectivity index (χ3n) is 1.55. The fraction of sp³-hybridized carbons (Fsp3) is 0. The van der Waals surface area contributed by atoms with Gasteiger partial charge in [-0.05, 0) is 12.1 Å². The molecule has 0 aliphatic carbocycles. The maximum Gasteiger partial charge on any atom is 0.205 e. The smallest absolute Gasteiger partial charge is 0.205 e. The van der Waals surface area contributed by atoms with E-state index >= 15 is 0 Å². The van der Waals surface area contributed by atoms with E-state index in [1.165, 1.54) is 6.20 Å². The molecular formula is C8H8N2O.